The van der Waals surface area contributed by atoms with E-state index in [0.717, 1.165) is 6.42 Å². The Balaban J connectivity index is 2.10. The first-order valence-corrected chi connectivity index (χ1v) is 8.48. The van der Waals surface area contributed by atoms with Crippen molar-refractivity contribution in [1.82, 2.24) is 19.8 Å². The zero-order chi connectivity index (χ0) is 14.9. The van der Waals surface area contributed by atoms with Crippen LogP contribution in [0.1, 0.15) is 32.8 Å². The molecule has 2 atom stereocenters. The Bertz CT molecular complexity index is 552. The normalized spacial score (nSPS) is 22.7. The molecule has 1 fully saturated rings. The highest BCUT2D eigenvalue weighted by atomic mass is 32.2. The first kappa shape index (κ1) is 15.5. The Kier molecular flexibility index (Phi) is 4.51. The summed E-state index contributed by atoms with van der Waals surface area (Å²) >= 11 is 0. The second-order valence-corrected chi connectivity index (χ2v) is 8.00. The summed E-state index contributed by atoms with van der Waals surface area (Å²) in [5.41, 5.74) is 0.689. The summed E-state index contributed by atoms with van der Waals surface area (Å²) in [4.78, 5) is 0. The molecule has 1 aliphatic rings. The molecular formula is C13H24N4O2S. The van der Waals surface area contributed by atoms with Gasteiger partial charge in [-0.3, -0.25) is 5.10 Å². The highest BCUT2D eigenvalue weighted by Crippen LogP contribution is 2.38. The van der Waals surface area contributed by atoms with Gasteiger partial charge in [-0.05, 0) is 18.3 Å². The lowest BCUT2D eigenvalue weighted by Crippen LogP contribution is -2.31. The van der Waals surface area contributed by atoms with Crippen molar-refractivity contribution < 1.29 is 8.42 Å². The predicted molar refractivity (Wildman–Crippen MR) is 77.7 cm³/mol. The third-order valence-corrected chi connectivity index (χ3v) is 5.65. The number of aromatic nitrogens is 2. The second kappa shape index (κ2) is 5.83. The molecule has 114 valence electrons. The van der Waals surface area contributed by atoms with E-state index in [-0.39, 0.29) is 5.03 Å². The molecule has 2 rings (SSSR count). The van der Waals surface area contributed by atoms with Crippen LogP contribution in [-0.4, -0.2) is 42.6 Å². The number of H-pyrrole nitrogens is 1. The van der Waals surface area contributed by atoms with Crippen molar-refractivity contribution in [2.45, 2.75) is 44.8 Å². The van der Waals surface area contributed by atoms with Gasteiger partial charge in [0.15, 0.2) is 5.03 Å². The van der Waals surface area contributed by atoms with Gasteiger partial charge in [0.2, 0.25) is 0 Å². The molecule has 2 unspecified atom stereocenters. The number of sulfonamides is 1. The molecule has 7 heteroatoms. The molecule has 2 N–H and O–H groups in total. The van der Waals surface area contributed by atoms with Gasteiger partial charge in [-0.15, -0.1) is 0 Å². The third-order valence-electron chi connectivity index (χ3n) is 3.81. The second-order valence-electron chi connectivity index (χ2n) is 6.02. The molecule has 1 heterocycles. The van der Waals surface area contributed by atoms with E-state index in [1.165, 1.54) is 4.31 Å². The topological polar surface area (TPSA) is 78.1 Å². The molecule has 0 aromatic carbocycles. The standard InChI is InChI=1S/C13H24N4O2S/c1-9(2)14-6-12-7-15-16-13(12)20(18,19)17(4)8-11-5-10(11)3/h7,9-11,14H,5-6,8H2,1-4H3,(H,15,16). The van der Waals surface area contributed by atoms with E-state index in [2.05, 4.69) is 22.4 Å². The quantitative estimate of drug-likeness (QED) is 0.793. The van der Waals surface area contributed by atoms with Gasteiger partial charge in [0.25, 0.3) is 10.0 Å². The van der Waals surface area contributed by atoms with Crippen molar-refractivity contribution in [1.29, 1.82) is 0 Å². The van der Waals surface area contributed by atoms with E-state index in [9.17, 15) is 8.42 Å². The zero-order valence-electron chi connectivity index (χ0n) is 12.5. The van der Waals surface area contributed by atoms with Crippen LogP contribution < -0.4 is 5.32 Å². The van der Waals surface area contributed by atoms with Crippen molar-refractivity contribution in [3.8, 4) is 0 Å². The molecule has 0 amide bonds. The lowest BCUT2D eigenvalue weighted by molar-refractivity contribution is 0.441. The van der Waals surface area contributed by atoms with Crippen LogP contribution in [0.25, 0.3) is 0 Å². The molecule has 6 nitrogen and oxygen atoms in total. The van der Waals surface area contributed by atoms with Crippen LogP contribution in [0.15, 0.2) is 11.2 Å². The minimum Gasteiger partial charge on any atom is -0.310 e. The summed E-state index contributed by atoms with van der Waals surface area (Å²) in [6.45, 7) is 7.28. The largest absolute Gasteiger partial charge is 0.310 e. The van der Waals surface area contributed by atoms with Gasteiger partial charge in [0, 0.05) is 31.7 Å². The molecule has 1 aromatic heterocycles. The van der Waals surface area contributed by atoms with Gasteiger partial charge in [-0.1, -0.05) is 20.8 Å². The highest BCUT2D eigenvalue weighted by molar-refractivity contribution is 7.89. The smallest absolute Gasteiger partial charge is 0.260 e. The van der Waals surface area contributed by atoms with Crippen molar-refractivity contribution in [2.24, 2.45) is 11.8 Å². The minimum atomic E-state index is -3.48. The number of hydrogen-bond acceptors (Lipinski definition) is 4. The summed E-state index contributed by atoms with van der Waals surface area (Å²) in [7, 11) is -1.84. The predicted octanol–water partition coefficient (Wildman–Crippen LogP) is 1.18. The van der Waals surface area contributed by atoms with Gasteiger partial charge < -0.3 is 5.32 Å². The lowest BCUT2D eigenvalue weighted by Gasteiger charge is -2.17. The number of nitrogens with zero attached hydrogens (tertiary/aromatic N) is 2. The maximum atomic E-state index is 12.6. The fraction of sp³-hybridized carbons (Fsp3) is 0.769. The van der Waals surface area contributed by atoms with E-state index in [0.29, 0.717) is 36.5 Å². The highest BCUT2D eigenvalue weighted by Gasteiger charge is 2.37. The SMILES string of the molecule is CC(C)NCc1cn[nH]c1S(=O)(=O)N(C)CC1CC1C. The summed E-state index contributed by atoms with van der Waals surface area (Å²) < 4.78 is 26.5. The summed E-state index contributed by atoms with van der Waals surface area (Å²) in [6.07, 6.45) is 2.69. The maximum Gasteiger partial charge on any atom is 0.260 e. The Hall–Kier alpha value is -0.920. The molecule has 20 heavy (non-hydrogen) atoms. The monoisotopic (exact) mass is 300 g/mol. The summed E-state index contributed by atoms with van der Waals surface area (Å²) in [6, 6.07) is 0.297. The van der Waals surface area contributed by atoms with Crippen molar-refractivity contribution in [3.05, 3.63) is 11.8 Å². The molecular weight excluding hydrogens is 276 g/mol. The number of nitrogens with one attached hydrogen (secondary N) is 2. The van der Waals surface area contributed by atoms with E-state index in [1.807, 2.05) is 13.8 Å². The van der Waals surface area contributed by atoms with E-state index in [4.69, 9.17) is 0 Å². The Morgan fingerprint density at radius 3 is 2.75 bits per heavy atom. The van der Waals surface area contributed by atoms with Crippen molar-refractivity contribution in [2.75, 3.05) is 13.6 Å². The van der Waals surface area contributed by atoms with Crippen molar-refractivity contribution in [3.63, 3.8) is 0 Å². The average Bonchev–Trinajstić information content (AvgIpc) is 2.89. The molecule has 1 aliphatic carbocycles. The third kappa shape index (κ3) is 3.39. The van der Waals surface area contributed by atoms with Crippen LogP contribution in [0, 0.1) is 11.8 Å². The van der Waals surface area contributed by atoms with Gasteiger partial charge in [0.05, 0.1) is 6.20 Å². The van der Waals surface area contributed by atoms with Crippen molar-refractivity contribution >= 4 is 10.0 Å². The van der Waals surface area contributed by atoms with Crippen LogP contribution in [0.2, 0.25) is 0 Å². The van der Waals surface area contributed by atoms with E-state index >= 15 is 0 Å². The van der Waals surface area contributed by atoms with Gasteiger partial charge in [-0.2, -0.15) is 9.40 Å². The molecule has 0 radical (unpaired) electrons. The number of hydrogen-bond donors (Lipinski definition) is 2. The van der Waals surface area contributed by atoms with Crippen LogP contribution in [0.4, 0.5) is 0 Å². The van der Waals surface area contributed by atoms with E-state index in [1.54, 1.807) is 13.2 Å². The van der Waals surface area contributed by atoms with Gasteiger partial charge in [0.1, 0.15) is 0 Å². The fourth-order valence-corrected chi connectivity index (χ4v) is 3.52. The van der Waals surface area contributed by atoms with Crippen LogP contribution in [0.5, 0.6) is 0 Å². The average molecular weight is 300 g/mol. The molecule has 0 spiro atoms. The number of rotatable bonds is 7. The molecule has 0 aliphatic heterocycles. The van der Waals surface area contributed by atoms with Crippen LogP contribution >= 0.6 is 0 Å². The molecule has 1 aromatic rings. The van der Waals surface area contributed by atoms with Crippen LogP contribution in [-0.2, 0) is 16.6 Å². The Morgan fingerprint density at radius 2 is 2.20 bits per heavy atom. The van der Waals surface area contributed by atoms with E-state index < -0.39 is 10.0 Å². The Morgan fingerprint density at radius 1 is 1.55 bits per heavy atom. The summed E-state index contributed by atoms with van der Waals surface area (Å²) in [5.74, 6) is 1.13. The van der Waals surface area contributed by atoms with Gasteiger partial charge >= 0.3 is 0 Å². The number of aromatic amines is 1. The fourth-order valence-electron chi connectivity index (χ4n) is 2.20. The molecule has 0 saturated heterocycles. The summed E-state index contributed by atoms with van der Waals surface area (Å²) in [5, 5.41) is 9.95. The van der Waals surface area contributed by atoms with Gasteiger partial charge in [-0.25, -0.2) is 8.42 Å². The first-order valence-electron chi connectivity index (χ1n) is 7.04. The maximum absolute atomic E-state index is 12.6. The lowest BCUT2D eigenvalue weighted by atomic mass is 10.3. The molecule has 1 saturated carbocycles. The molecule has 0 bridgehead atoms. The Labute approximate surface area is 121 Å². The minimum absolute atomic E-state index is 0.210. The zero-order valence-corrected chi connectivity index (χ0v) is 13.4. The van der Waals surface area contributed by atoms with Crippen LogP contribution in [0.3, 0.4) is 0 Å². The first-order chi connectivity index (χ1) is 9.32.